The number of ether oxygens (including phenoxy) is 2. The molecule has 3 nitrogen and oxygen atoms in total. The van der Waals surface area contributed by atoms with Gasteiger partial charge in [-0.25, -0.2) is 0 Å². The van der Waals surface area contributed by atoms with Gasteiger partial charge in [0.25, 0.3) is 0 Å². The molecule has 0 aliphatic rings. The van der Waals surface area contributed by atoms with Gasteiger partial charge in [-0.3, -0.25) is 0 Å². The summed E-state index contributed by atoms with van der Waals surface area (Å²) in [5, 5.41) is 0. The molecule has 0 unspecified atom stereocenters. The van der Waals surface area contributed by atoms with Crippen LogP contribution in [-0.2, 0) is 6.54 Å². The van der Waals surface area contributed by atoms with E-state index in [4.69, 9.17) is 15.2 Å². The van der Waals surface area contributed by atoms with Crippen LogP contribution in [0.2, 0.25) is 0 Å². The number of benzene rings is 1. The summed E-state index contributed by atoms with van der Waals surface area (Å²) in [7, 11) is 1.66. The van der Waals surface area contributed by atoms with Crippen molar-refractivity contribution >= 4 is 0 Å². The average molecular weight is 251 g/mol. The maximum Gasteiger partial charge on any atom is 0.127 e. The van der Waals surface area contributed by atoms with Gasteiger partial charge in [-0.15, -0.1) is 0 Å². The Kier molecular flexibility index (Phi) is 7.26. The second-order valence-electron chi connectivity index (χ2n) is 4.44. The molecule has 18 heavy (non-hydrogen) atoms. The molecule has 3 heteroatoms. The van der Waals surface area contributed by atoms with Crippen LogP contribution >= 0.6 is 0 Å². The lowest BCUT2D eigenvalue weighted by Crippen LogP contribution is -2.04. The number of unbranched alkanes of at least 4 members (excludes halogenated alkanes) is 4. The van der Waals surface area contributed by atoms with E-state index in [0.717, 1.165) is 30.1 Å². The first-order valence-electron chi connectivity index (χ1n) is 6.81. The molecule has 0 saturated heterocycles. The molecule has 0 amide bonds. The molecular weight excluding hydrogens is 226 g/mol. The molecule has 0 saturated carbocycles. The molecule has 0 fully saturated rings. The van der Waals surface area contributed by atoms with Gasteiger partial charge < -0.3 is 15.2 Å². The summed E-state index contributed by atoms with van der Waals surface area (Å²) < 4.78 is 11.0. The van der Waals surface area contributed by atoms with Crippen LogP contribution in [0.1, 0.15) is 44.6 Å². The lowest BCUT2D eigenvalue weighted by atomic mass is 10.1. The Labute approximate surface area is 110 Å². The van der Waals surface area contributed by atoms with Gasteiger partial charge in [0.2, 0.25) is 0 Å². The normalized spacial score (nSPS) is 10.4. The minimum absolute atomic E-state index is 0.495. The third kappa shape index (κ3) is 4.96. The van der Waals surface area contributed by atoms with E-state index >= 15 is 0 Å². The number of rotatable bonds is 9. The van der Waals surface area contributed by atoms with E-state index in [0.29, 0.717) is 6.54 Å². The SMILES string of the molecule is CCCCCCCOc1cc(OC)ccc1CN. The van der Waals surface area contributed by atoms with Gasteiger partial charge in [0, 0.05) is 18.2 Å². The van der Waals surface area contributed by atoms with Gasteiger partial charge >= 0.3 is 0 Å². The smallest absolute Gasteiger partial charge is 0.127 e. The van der Waals surface area contributed by atoms with Crippen molar-refractivity contribution in [2.24, 2.45) is 5.73 Å². The number of nitrogens with two attached hydrogens (primary N) is 1. The maximum atomic E-state index is 5.79. The van der Waals surface area contributed by atoms with Crippen molar-refractivity contribution in [1.82, 2.24) is 0 Å². The van der Waals surface area contributed by atoms with Gasteiger partial charge in [-0.2, -0.15) is 0 Å². The van der Waals surface area contributed by atoms with E-state index in [1.807, 2.05) is 18.2 Å². The fourth-order valence-electron chi connectivity index (χ4n) is 1.85. The van der Waals surface area contributed by atoms with Crippen molar-refractivity contribution in [3.8, 4) is 11.5 Å². The van der Waals surface area contributed by atoms with Crippen LogP contribution in [0, 0.1) is 0 Å². The summed E-state index contributed by atoms with van der Waals surface area (Å²) in [6.07, 6.45) is 6.21. The highest BCUT2D eigenvalue weighted by molar-refractivity contribution is 5.40. The van der Waals surface area contributed by atoms with Crippen LogP contribution in [0.4, 0.5) is 0 Å². The van der Waals surface area contributed by atoms with E-state index in [1.54, 1.807) is 7.11 Å². The van der Waals surface area contributed by atoms with Crippen LogP contribution in [0.3, 0.4) is 0 Å². The van der Waals surface area contributed by atoms with E-state index in [2.05, 4.69) is 6.92 Å². The quantitative estimate of drug-likeness (QED) is 0.683. The maximum absolute atomic E-state index is 5.79. The summed E-state index contributed by atoms with van der Waals surface area (Å²) in [5.41, 5.74) is 6.72. The molecule has 0 spiro atoms. The van der Waals surface area contributed by atoms with E-state index in [-0.39, 0.29) is 0 Å². The van der Waals surface area contributed by atoms with Gasteiger partial charge in [0.15, 0.2) is 0 Å². The van der Waals surface area contributed by atoms with Gasteiger partial charge in [0.1, 0.15) is 11.5 Å². The third-order valence-electron chi connectivity index (χ3n) is 3.00. The monoisotopic (exact) mass is 251 g/mol. The number of methoxy groups -OCH3 is 1. The van der Waals surface area contributed by atoms with Crippen molar-refractivity contribution < 1.29 is 9.47 Å². The van der Waals surface area contributed by atoms with Crippen molar-refractivity contribution in [1.29, 1.82) is 0 Å². The highest BCUT2D eigenvalue weighted by atomic mass is 16.5. The summed E-state index contributed by atoms with van der Waals surface area (Å²) >= 11 is 0. The molecule has 0 bridgehead atoms. The molecule has 1 rings (SSSR count). The molecule has 0 aliphatic heterocycles. The van der Waals surface area contributed by atoms with Crippen LogP contribution < -0.4 is 15.2 Å². The Morgan fingerprint density at radius 3 is 2.56 bits per heavy atom. The first kappa shape index (κ1) is 14.8. The first-order chi connectivity index (χ1) is 8.81. The second kappa shape index (κ2) is 8.81. The third-order valence-corrected chi connectivity index (χ3v) is 3.00. The fraction of sp³-hybridized carbons (Fsp3) is 0.600. The van der Waals surface area contributed by atoms with Crippen LogP contribution in [0.5, 0.6) is 11.5 Å². The second-order valence-corrected chi connectivity index (χ2v) is 4.44. The number of hydrogen-bond acceptors (Lipinski definition) is 3. The zero-order chi connectivity index (χ0) is 13.2. The average Bonchev–Trinajstić information content (AvgIpc) is 2.42. The molecule has 0 aliphatic carbocycles. The van der Waals surface area contributed by atoms with Crippen LogP contribution in [0.15, 0.2) is 18.2 Å². The van der Waals surface area contributed by atoms with Crippen molar-refractivity contribution in [2.75, 3.05) is 13.7 Å². The molecule has 102 valence electrons. The van der Waals surface area contributed by atoms with Gasteiger partial charge in [0.05, 0.1) is 13.7 Å². The molecule has 0 atom stereocenters. The van der Waals surface area contributed by atoms with Gasteiger partial charge in [-0.05, 0) is 12.5 Å². The Hall–Kier alpha value is -1.22. The van der Waals surface area contributed by atoms with E-state index < -0.39 is 0 Å². The summed E-state index contributed by atoms with van der Waals surface area (Å²) in [4.78, 5) is 0. The Morgan fingerprint density at radius 2 is 1.89 bits per heavy atom. The zero-order valence-corrected chi connectivity index (χ0v) is 11.6. The first-order valence-corrected chi connectivity index (χ1v) is 6.81. The topological polar surface area (TPSA) is 44.5 Å². The minimum atomic E-state index is 0.495. The predicted octanol–water partition coefficient (Wildman–Crippen LogP) is 3.50. The van der Waals surface area contributed by atoms with Crippen molar-refractivity contribution in [3.63, 3.8) is 0 Å². The lowest BCUT2D eigenvalue weighted by molar-refractivity contribution is 0.299. The highest BCUT2D eigenvalue weighted by Gasteiger charge is 2.04. The molecule has 0 radical (unpaired) electrons. The van der Waals surface area contributed by atoms with Gasteiger partial charge in [-0.1, -0.05) is 38.7 Å². The molecule has 2 N–H and O–H groups in total. The molecule has 0 aromatic heterocycles. The molecule has 0 heterocycles. The standard InChI is InChI=1S/C15H25NO2/c1-3-4-5-6-7-10-18-15-11-14(17-2)9-8-13(15)12-16/h8-9,11H,3-7,10,12,16H2,1-2H3. The van der Waals surface area contributed by atoms with Crippen LogP contribution in [0.25, 0.3) is 0 Å². The van der Waals surface area contributed by atoms with Crippen molar-refractivity contribution in [2.45, 2.75) is 45.6 Å². The van der Waals surface area contributed by atoms with E-state index in [9.17, 15) is 0 Å². The zero-order valence-electron chi connectivity index (χ0n) is 11.6. The molecular formula is C15H25NO2. The summed E-state index contributed by atoms with van der Waals surface area (Å²) in [6, 6.07) is 5.79. The predicted molar refractivity (Wildman–Crippen MR) is 75.1 cm³/mol. The largest absolute Gasteiger partial charge is 0.497 e. The lowest BCUT2D eigenvalue weighted by Gasteiger charge is -2.11. The highest BCUT2D eigenvalue weighted by Crippen LogP contribution is 2.24. The Morgan fingerprint density at radius 1 is 1.11 bits per heavy atom. The minimum Gasteiger partial charge on any atom is -0.497 e. The van der Waals surface area contributed by atoms with Crippen molar-refractivity contribution in [3.05, 3.63) is 23.8 Å². The van der Waals surface area contributed by atoms with Crippen LogP contribution in [-0.4, -0.2) is 13.7 Å². The van der Waals surface area contributed by atoms with E-state index in [1.165, 1.54) is 25.7 Å². The summed E-state index contributed by atoms with van der Waals surface area (Å²) in [6.45, 7) is 3.47. The Balaban J connectivity index is 2.39. The Bertz CT molecular complexity index is 339. The molecule has 1 aromatic carbocycles. The number of hydrogen-bond donors (Lipinski definition) is 1. The fourth-order valence-corrected chi connectivity index (χ4v) is 1.85. The molecule has 1 aromatic rings. The summed E-state index contributed by atoms with van der Waals surface area (Å²) in [5.74, 6) is 1.67.